The van der Waals surface area contributed by atoms with Crippen LogP contribution >= 0.6 is 0 Å². The normalized spacial score (nSPS) is 16.4. The number of nitrogens with one attached hydrogen (secondary N) is 1. The molecule has 0 saturated carbocycles. The van der Waals surface area contributed by atoms with Crippen LogP contribution in [0.1, 0.15) is 6.42 Å². The Kier molecular flexibility index (Phi) is 5.56. The van der Waals surface area contributed by atoms with Crippen molar-refractivity contribution in [1.29, 1.82) is 0 Å². The minimum Gasteiger partial charge on any atom is -0.323 e. The van der Waals surface area contributed by atoms with Crippen molar-refractivity contribution in [3.05, 3.63) is 34.1 Å². The van der Waals surface area contributed by atoms with Crippen LogP contribution in [0.5, 0.6) is 0 Å². The number of halogens is 1. The molecule has 0 bridgehead atoms. The molecular weight excluding hydrogens is 313 g/mol. The molecule has 1 aliphatic rings. The lowest BCUT2D eigenvalue weighted by Crippen LogP contribution is -2.39. The third-order valence-corrected chi connectivity index (χ3v) is 4.64. The Bertz CT molecular complexity index is 601. The number of non-ortho nitro benzene ring substituents is 1. The summed E-state index contributed by atoms with van der Waals surface area (Å²) in [7, 11) is -0.773. The second kappa shape index (κ2) is 7.41. The van der Waals surface area contributed by atoms with E-state index in [-0.39, 0.29) is 17.8 Å². The summed E-state index contributed by atoms with van der Waals surface area (Å²) in [6.07, 6.45) is 0.148. The molecule has 1 aliphatic heterocycles. The number of nitrogens with zero attached hydrogens (tertiary/aromatic N) is 2. The van der Waals surface area contributed by atoms with E-state index in [9.17, 15) is 23.5 Å². The quantitative estimate of drug-likeness (QED) is 0.646. The number of anilines is 1. The van der Waals surface area contributed by atoms with E-state index >= 15 is 0 Å². The summed E-state index contributed by atoms with van der Waals surface area (Å²) in [5.74, 6) is 0.0702. The first kappa shape index (κ1) is 16.5. The Hall–Kier alpha value is -1.87. The number of nitro groups is 1. The maximum absolute atomic E-state index is 13.5. The fourth-order valence-corrected chi connectivity index (χ4v) is 3.22. The Morgan fingerprint density at radius 1 is 1.41 bits per heavy atom. The summed E-state index contributed by atoms with van der Waals surface area (Å²) >= 11 is 0. The van der Waals surface area contributed by atoms with E-state index in [1.165, 1.54) is 0 Å². The van der Waals surface area contributed by atoms with Gasteiger partial charge in [-0.1, -0.05) is 0 Å². The second-order valence-electron chi connectivity index (χ2n) is 4.91. The zero-order chi connectivity index (χ0) is 16.1. The lowest BCUT2D eigenvalue weighted by atomic mass is 10.2. The first-order valence-electron chi connectivity index (χ1n) is 6.77. The van der Waals surface area contributed by atoms with Crippen LogP contribution in [-0.4, -0.2) is 51.1 Å². The maximum atomic E-state index is 13.5. The fraction of sp³-hybridized carbons (Fsp3) is 0.462. The zero-order valence-corrected chi connectivity index (χ0v) is 12.6. The van der Waals surface area contributed by atoms with Crippen LogP contribution in [-0.2, 0) is 15.6 Å². The van der Waals surface area contributed by atoms with Crippen molar-refractivity contribution in [1.82, 2.24) is 4.90 Å². The Labute approximate surface area is 129 Å². The highest BCUT2D eigenvalue weighted by atomic mass is 32.2. The van der Waals surface area contributed by atoms with Gasteiger partial charge in [0.05, 0.1) is 10.6 Å². The van der Waals surface area contributed by atoms with Gasteiger partial charge in [-0.2, -0.15) is 0 Å². The summed E-state index contributed by atoms with van der Waals surface area (Å²) in [6, 6.07) is 2.99. The highest BCUT2D eigenvalue weighted by Gasteiger charge is 2.17. The summed E-state index contributed by atoms with van der Waals surface area (Å²) in [5.41, 5.74) is -0.478. The summed E-state index contributed by atoms with van der Waals surface area (Å²) in [6.45, 7) is 1.83. The molecule has 0 spiro atoms. The number of hydrogen-bond donors (Lipinski definition) is 1. The second-order valence-corrected chi connectivity index (χ2v) is 6.61. The molecule has 1 saturated heterocycles. The van der Waals surface area contributed by atoms with Gasteiger partial charge >= 0.3 is 0 Å². The van der Waals surface area contributed by atoms with E-state index in [2.05, 4.69) is 5.32 Å². The van der Waals surface area contributed by atoms with Crippen LogP contribution in [0.2, 0.25) is 0 Å². The summed E-state index contributed by atoms with van der Waals surface area (Å²) in [5, 5.41) is 13.0. The molecule has 7 nitrogen and oxygen atoms in total. The molecule has 0 atom stereocenters. The monoisotopic (exact) mass is 329 g/mol. The number of carbonyl (C=O) groups excluding carboxylic acids is 1. The molecule has 0 aliphatic carbocycles. The van der Waals surface area contributed by atoms with E-state index in [4.69, 9.17) is 0 Å². The van der Waals surface area contributed by atoms with Crippen molar-refractivity contribution in [2.75, 3.05) is 36.5 Å². The molecule has 22 heavy (non-hydrogen) atoms. The van der Waals surface area contributed by atoms with Crippen LogP contribution < -0.4 is 5.32 Å². The van der Waals surface area contributed by atoms with E-state index in [0.717, 1.165) is 18.2 Å². The molecule has 9 heteroatoms. The van der Waals surface area contributed by atoms with Crippen molar-refractivity contribution < 1.29 is 18.3 Å². The van der Waals surface area contributed by atoms with Gasteiger partial charge in [0.2, 0.25) is 5.91 Å². The molecule has 120 valence electrons. The summed E-state index contributed by atoms with van der Waals surface area (Å²) < 4.78 is 24.8. The minimum atomic E-state index is -0.773. The fourth-order valence-electron chi connectivity index (χ4n) is 2.09. The number of hydrogen-bond acceptors (Lipinski definition) is 5. The molecule has 1 fully saturated rings. The molecule has 0 unspecified atom stereocenters. The van der Waals surface area contributed by atoms with Crippen LogP contribution in [0, 0.1) is 15.9 Å². The average Bonchev–Trinajstić information content (AvgIpc) is 2.48. The van der Waals surface area contributed by atoms with Crippen molar-refractivity contribution >= 4 is 28.1 Å². The third kappa shape index (κ3) is 4.57. The first-order chi connectivity index (χ1) is 10.5. The number of rotatable bonds is 5. The first-order valence-corrected chi connectivity index (χ1v) is 8.25. The van der Waals surface area contributed by atoms with Gasteiger partial charge in [0.1, 0.15) is 5.82 Å². The Balaban J connectivity index is 1.88. The van der Waals surface area contributed by atoms with E-state index in [0.29, 0.717) is 31.1 Å². The van der Waals surface area contributed by atoms with Gasteiger partial charge in [-0.3, -0.25) is 19.1 Å². The lowest BCUT2D eigenvalue weighted by molar-refractivity contribution is -0.384. The molecule has 1 heterocycles. The van der Waals surface area contributed by atoms with Crippen molar-refractivity contribution in [2.24, 2.45) is 0 Å². The van der Waals surface area contributed by atoms with E-state index in [1.807, 2.05) is 4.90 Å². The number of nitro benzene ring substituents is 1. The summed E-state index contributed by atoms with van der Waals surface area (Å²) in [4.78, 5) is 23.8. The number of carbonyl (C=O) groups is 1. The van der Waals surface area contributed by atoms with Gasteiger partial charge < -0.3 is 10.2 Å². The predicted molar refractivity (Wildman–Crippen MR) is 80.6 cm³/mol. The van der Waals surface area contributed by atoms with Gasteiger partial charge in [-0.25, -0.2) is 4.39 Å². The third-order valence-electron chi connectivity index (χ3n) is 3.36. The highest BCUT2D eigenvalue weighted by Crippen LogP contribution is 2.21. The number of amides is 1. The SMILES string of the molecule is O=C(CCN1CCS(=O)CC1)Nc1cc([N+](=O)[O-])ccc1F. The zero-order valence-electron chi connectivity index (χ0n) is 11.8. The Morgan fingerprint density at radius 2 is 2.09 bits per heavy atom. The molecule has 1 aromatic rings. The molecule has 1 aromatic carbocycles. The van der Waals surface area contributed by atoms with Gasteiger partial charge in [0.15, 0.2) is 0 Å². The molecule has 1 N–H and O–H groups in total. The minimum absolute atomic E-state index is 0.148. The smallest absolute Gasteiger partial charge is 0.271 e. The van der Waals surface area contributed by atoms with Crippen LogP contribution in [0.3, 0.4) is 0 Å². The molecule has 1 amide bonds. The van der Waals surface area contributed by atoms with Gasteiger partial charge in [-0.15, -0.1) is 0 Å². The topological polar surface area (TPSA) is 92.6 Å². The largest absolute Gasteiger partial charge is 0.323 e. The van der Waals surface area contributed by atoms with Gasteiger partial charge in [0.25, 0.3) is 5.69 Å². The van der Waals surface area contributed by atoms with Crippen LogP contribution in [0.15, 0.2) is 18.2 Å². The van der Waals surface area contributed by atoms with Gasteiger partial charge in [0, 0.05) is 60.5 Å². The molecule has 2 rings (SSSR count). The Morgan fingerprint density at radius 3 is 2.73 bits per heavy atom. The standard InChI is InChI=1S/C13H16FN3O4S/c14-11-2-1-10(17(19)20)9-12(11)15-13(18)3-4-16-5-7-22(21)8-6-16/h1-2,9H,3-8H2,(H,15,18). The van der Waals surface area contributed by atoms with Crippen LogP contribution in [0.25, 0.3) is 0 Å². The lowest BCUT2D eigenvalue weighted by Gasteiger charge is -2.25. The molecular formula is C13H16FN3O4S. The number of benzene rings is 1. The van der Waals surface area contributed by atoms with Gasteiger partial charge in [-0.05, 0) is 6.07 Å². The van der Waals surface area contributed by atoms with Crippen molar-refractivity contribution in [2.45, 2.75) is 6.42 Å². The predicted octanol–water partition coefficient (Wildman–Crippen LogP) is 1.13. The molecule has 0 radical (unpaired) electrons. The van der Waals surface area contributed by atoms with Crippen molar-refractivity contribution in [3.8, 4) is 0 Å². The van der Waals surface area contributed by atoms with Crippen molar-refractivity contribution in [3.63, 3.8) is 0 Å². The highest BCUT2D eigenvalue weighted by molar-refractivity contribution is 7.85. The van der Waals surface area contributed by atoms with E-state index in [1.54, 1.807) is 0 Å². The maximum Gasteiger partial charge on any atom is 0.271 e. The van der Waals surface area contributed by atoms with Crippen LogP contribution in [0.4, 0.5) is 15.8 Å². The molecule has 0 aromatic heterocycles. The average molecular weight is 329 g/mol. The van der Waals surface area contributed by atoms with E-state index < -0.39 is 27.4 Å².